The number of hydrogen-bond acceptors (Lipinski definition) is 4. The van der Waals surface area contributed by atoms with Crippen molar-refractivity contribution in [1.29, 1.82) is 0 Å². The van der Waals surface area contributed by atoms with Crippen LogP contribution in [0.1, 0.15) is 95.4 Å². The normalized spacial score (nSPS) is 18.7. The fourth-order valence-corrected chi connectivity index (χ4v) is 5.07. The van der Waals surface area contributed by atoms with E-state index in [-0.39, 0.29) is 22.9 Å². The third-order valence-electron chi connectivity index (χ3n) is 6.47. The lowest BCUT2D eigenvalue weighted by Gasteiger charge is -2.39. The minimum Gasteiger partial charge on any atom is -0.212 e. The molecule has 0 aromatic rings. The average Bonchev–Trinajstić information content (AvgIpc) is 2.50. The van der Waals surface area contributed by atoms with Crippen molar-refractivity contribution in [2.45, 2.75) is 118 Å². The van der Waals surface area contributed by atoms with Gasteiger partial charge in [-0.3, -0.25) is 0 Å². The lowest BCUT2D eigenvalue weighted by Crippen LogP contribution is -2.51. The minimum absolute atomic E-state index is 0.176. The summed E-state index contributed by atoms with van der Waals surface area (Å²) in [7, 11) is -6.92. The maximum Gasteiger partial charge on any atom is 0.217 e. The topological polar surface area (TPSA) is 92.3 Å². The lowest BCUT2D eigenvalue weighted by molar-refractivity contribution is 0.207. The summed E-state index contributed by atoms with van der Waals surface area (Å²) in [6.07, 6.45) is 1.79. The first-order valence-corrected chi connectivity index (χ1v) is 13.3. The van der Waals surface area contributed by atoms with Gasteiger partial charge in [-0.15, -0.1) is 0 Å². The highest BCUT2D eigenvalue weighted by molar-refractivity contribution is 7.91. The van der Waals surface area contributed by atoms with Gasteiger partial charge >= 0.3 is 0 Å². The maximum absolute atomic E-state index is 13.0. The quantitative estimate of drug-likeness (QED) is 0.507. The van der Waals surface area contributed by atoms with Crippen LogP contribution < -0.4 is 9.44 Å². The first-order valence-electron chi connectivity index (χ1n) is 10.2. The summed E-state index contributed by atoms with van der Waals surface area (Å²) < 4.78 is 55.1. The lowest BCUT2D eigenvalue weighted by atomic mass is 9.76. The number of rotatable bonds is 11. The predicted octanol–water partition coefficient (Wildman–Crippen LogP) is 4.03. The number of sulfonamides is 2. The summed E-state index contributed by atoms with van der Waals surface area (Å²) in [5.74, 6) is 0. The second-order valence-corrected chi connectivity index (χ2v) is 15.0. The predicted molar refractivity (Wildman–Crippen MR) is 119 cm³/mol. The molecule has 0 bridgehead atoms. The van der Waals surface area contributed by atoms with E-state index in [9.17, 15) is 16.8 Å². The second kappa shape index (κ2) is 9.31. The molecule has 6 nitrogen and oxygen atoms in total. The van der Waals surface area contributed by atoms with Gasteiger partial charge in [0.1, 0.15) is 0 Å². The molecule has 0 amide bonds. The van der Waals surface area contributed by atoms with E-state index >= 15 is 0 Å². The van der Waals surface area contributed by atoms with E-state index in [0.717, 1.165) is 6.42 Å². The SMILES string of the molecule is CCC(C)(CCC(C)(C)S(=O)(=O)N[C@H](C)C(C)(C)C)[C@H](C)NS(=O)(=O)C(C)C. The molecule has 0 spiro atoms. The van der Waals surface area contributed by atoms with Gasteiger partial charge in [-0.25, -0.2) is 26.3 Å². The molecule has 0 radical (unpaired) electrons. The molecule has 0 heterocycles. The Kier molecular flexibility index (Phi) is 9.25. The molecule has 1 unspecified atom stereocenters. The Balaban J connectivity index is 5.37. The van der Waals surface area contributed by atoms with Gasteiger partial charge in [0, 0.05) is 12.1 Å². The van der Waals surface area contributed by atoms with E-state index in [4.69, 9.17) is 0 Å². The zero-order chi connectivity index (χ0) is 22.8. The van der Waals surface area contributed by atoms with Crippen molar-refractivity contribution >= 4 is 20.0 Å². The second-order valence-electron chi connectivity index (χ2n) is 10.4. The Hall–Kier alpha value is -0.180. The van der Waals surface area contributed by atoms with Gasteiger partial charge in [0.15, 0.2) is 0 Å². The molecular formula is C20H44N2O4S2. The highest BCUT2D eigenvalue weighted by Gasteiger charge is 2.40. The molecule has 0 saturated carbocycles. The Labute approximate surface area is 174 Å². The fourth-order valence-electron chi connectivity index (χ4n) is 2.51. The van der Waals surface area contributed by atoms with E-state index in [1.54, 1.807) is 27.7 Å². The van der Waals surface area contributed by atoms with Gasteiger partial charge < -0.3 is 0 Å². The largest absolute Gasteiger partial charge is 0.217 e. The highest BCUT2D eigenvalue weighted by atomic mass is 32.2. The molecular weight excluding hydrogens is 396 g/mol. The van der Waals surface area contributed by atoms with Crippen molar-refractivity contribution < 1.29 is 16.8 Å². The van der Waals surface area contributed by atoms with Crippen molar-refractivity contribution in [2.75, 3.05) is 0 Å². The van der Waals surface area contributed by atoms with E-state index in [1.165, 1.54) is 0 Å². The standard InChI is InChI=1S/C20H44N2O4S2/c1-12-20(11,17(5)21-27(23,24)15(2)3)14-13-19(9,10)28(25,26)22-16(4)18(6,7)8/h15-17,21-22H,12-14H2,1-11H3/t16-,17+,20?/m1/s1. The van der Waals surface area contributed by atoms with Crippen molar-refractivity contribution in [3.05, 3.63) is 0 Å². The van der Waals surface area contributed by atoms with Gasteiger partial charge in [0.2, 0.25) is 20.0 Å². The van der Waals surface area contributed by atoms with Crippen LogP contribution >= 0.6 is 0 Å². The van der Waals surface area contributed by atoms with Crippen molar-refractivity contribution in [3.8, 4) is 0 Å². The van der Waals surface area contributed by atoms with Gasteiger partial charge in [0.05, 0.1) is 10.00 Å². The molecule has 0 rings (SSSR count). The summed E-state index contributed by atoms with van der Waals surface area (Å²) >= 11 is 0. The smallest absolute Gasteiger partial charge is 0.212 e. The van der Waals surface area contributed by atoms with Crippen LogP contribution in [0.3, 0.4) is 0 Å². The molecule has 0 aliphatic rings. The average molecular weight is 441 g/mol. The zero-order valence-electron chi connectivity index (χ0n) is 19.8. The zero-order valence-corrected chi connectivity index (χ0v) is 21.4. The van der Waals surface area contributed by atoms with Crippen LogP contribution in [0.2, 0.25) is 0 Å². The first-order chi connectivity index (χ1) is 12.2. The Morgan fingerprint density at radius 2 is 1.21 bits per heavy atom. The summed E-state index contributed by atoms with van der Waals surface area (Å²) in [5, 5.41) is -0.504. The molecule has 8 heteroatoms. The van der Waals surface area contributed by atoms with E-state index in [1.807, 2.05) is 48.5 Å². The highest BCUT2D eigenvalue weighted by Crippen LogP contribution is 2.36. The third-order valence-corrected chi connectivity index (χ3v) is 10.7. The van der Waals surface area contributed by atoms with Gasteiger partial charge in [0.25, 0.3) is 0 Å². The third kappa shape index (κ3) is 7.26. The van der Waals surface area contributed by atoms with Crippen LogP contribution in [-0.4, -0.2) is 38.9 Å². The monoisotopic (exact) mass is 440 g/mol. The summed E-state index contributed by atoms with van der Waals surface area (Å²) in [5.41, 5.74) is -0.519. The molecule has 170 valence electrons. The van der Waals surface area contributed by atoms with Gasteiger partial charge in [-0.05, 0) is 71.6 Å². The number of hydrogen-bond donors (Lipinski definition) is 2. The van der Waals surface area contributed by atoms with Crippen LogP contribution in [0.4, 0.5) is 0 Å². The van der Waals surface area contributed by atoms with Crippen LogP contribution in [0.25, 0.3) is 0 Å². The molecule has 0 aliphatic heterocycles. The van der Waals surface area contributed by atoms with E-state index in [2.05, 4.69) is 9.44 Å². The van der Waals surface area contributed by atoms with E-state index < -0.39 is 30.0 Å². The molecule has 0 saturated heterocycles. The Bertz CT molecular complexity index is 707. The molecule has 3 atom stereocenters. The molecule has 2 N–H and O–H groups in total. The minimum atomic E-state index is -3.54. The van der Waals surface area contributed by atoms with Crippen molar-refractivity contribution in [3.63, 3.8) is 0 Å². The van der Waals surface area contributed by atoms with Gasteiger partial charge in [-0.1, -0.05) is 34.6 Å². The Morgan fingerprint density at radius 1 is 0.750 bits per heavy atom. The first kappa shape index (κ1) is 27.8. The fraction of sp³-hybridized carbons (Fsp3) is 1.00. The van der Waals surface area contributed by atoms with E-state index in [0.29, 0.717) is 12.8 Å². The molecule has 0 fully saturated rings. The van der Waals surface area contributed by atoms with Crippen LogP contribution in [0.5, 0.6) is 0 Å². The Morgan fingerprint density at radius 3 is 1.57 bits per heavy atom. The summed E-state index contributed by atoms with van der Waals surface area (Å²) in [6.45, 7) is 20.6. The molecule has 0 aliphatic carbocycles. The molecule has 0 aromatic heterocycles. The number of nitrogens with one attached hydrogen (secondary N) is 2. The van der Waals surface area contributed by atoms with Crippen molar-refractivity contribution in [2.24, 2.45) is 10.8 Å². The van der Waals surface area contributed by atoms with Crippen LogP contribution in [-0.2, 0) is 20.0 Å². The van der Waals surface area contributed by atoms with Crippen LogP contribution in [0, 0.1) is 10.8 Å². The van der Waals surface area contributed by atoms with Crippen molar-refractivity contribution in [1.82, 2.24) is 9.44 Å². The summed E-state index contributed by atoms with van der Waals surface area (Å²) in [6, 6.07) is -0.476. The maximum atomic E-state index is 13.0. The van der Waals surface area contributed by atoms with Crippen LogP contribution in [0.15, 0.2) is 0 Å². The molecule has 0 aromatic carbocycles. The molecule has 28 heavy (non-hydrogen) atoms. The van der Waals surface area contributed by atoms with Gasteiger partial charge in [-0.2, -0.15) is 0 Å². The summed E-state index contributed by atoms with van der Waals surface area (Å²) in [4.78, 5) is 0.